The summed E-state index contributed by atoms with van der Waals surface area (Å²) in [5.41, 5.74) is 2.30. The Labute approximate surface area is 128 Å². The standard InChI is InChI=1S/C16H16ClN3O/c1-10(2)20-15(13(17)9-19-20)16(21)12-5-6-14-11(8-12)4-3-7-18-14/h3-10,16,21H,1-2H3. The maximum atomic E-state index is 10.7. The van der Waals surface area contributed by atoms with E-state index < -0.39 is 6.10 Å². The van der Waals surface area contributed by atoms with Crippen molar-refractivity contribution in [3.63, 3.8) is 0 Å². The number of hydrogen-bond acceptors (Lipinski definition) is 3. The first-order valence-electron chi connectivity index (χ1n) is 6.83. The minimum Gasteiger partial charge on any atom is -0.382 e. The third-order valence-electron chi connectivity index (χ3n) is 3.48. The van der Waals surface area contributed by atoms with Crippen molar-refractivity contribution in [2.75, 3.05) is 0 Å². The summed E-state index contributed by atoms with van der Waals surface area (Å²) in [6.07, 6.45) is 2.51. The van der Waals surface area contributed by atoms with Crippen LogP contribution in [0.5, 0.6) is 0 Å². The number of fused-ring (bicyclic) bond motifs is 1. The van der Waals surface area contributed by atoms with E-state index in [-0.39, 0.29) is 6.04 Å². The van der Waals surface area contributed by atoms with Crippen molar-refractivity contribution in [3.8, 4) is 0 Å². The molecule has 0 radical (unpaired) electrons. The number of benzene rings is 1. The lowest BCUT2D eigenvalue weighted by molar-refractivity contribution is 0.205. The Kier molecular flexibility index (Phi) is 3.66. The van der Waals surface area contributed by atoms with Crippen LogP contribution in [0.3, 0.4) is 0 Å². The quantitative estimate of drug-likeness (QED) is 0.801. The first kappa shape index (κ1) is 14.0. The average molecular weight is 302 g/mol. The fourth-order valence-electron chi connectivity index (χ4n) is 2.44. The highest BCUT2D eigenvalue weighted by Crippen LogP contribution is 2.31. The first-order chi connectivity index (χ1) is 10.1. The first-order valence-corrected chi connectivity index (χ1v) is 7.21. The van der Waals surface area contributed by atoms with Gasteiger partial charge in [0.05, 0.1) is 22.4 Å². The molecule has 0 bridgehead atoms. The van der Waals surface area contributed by atoms with E-state index in [0.717, 1.165) is 16.5 Å². The van der Waals surface area contributed by atoms with Crippen LogP contribution in [-0.2, 0) is 0 Å². The second-order valence-electron chi connectivity index (χ2n) is 5.27. The monoisotopic (exact) mass is 301 g/mol. The summed E-state index contributed by atoms with van der Waals surface area (Å²) in [5, 5.41) is 16.4. The van der Waals surface area contributed by atoms with Gasteiger partial charge in [0, 0.05) is 17.6 Å². The number of rotatable bonds is 3. The Bertz CT molecular complexity index is 782. The predicted octanol–water partition coefficient (Wildman–Crippen LogP) is 3.75. The lowest BCUT2D eigenvalue weighted by atomic mass is 10.0. The SMILES string of the molecule is CC(C)n1ncc(Cl)c1C(O)c1ccc2ncccc2c1. The molecule has 108 valence electrons. The Morgan fingerprint density at radius 2 is 2.05 bits per heavy atom. The number of aromatic nitrogens is 3. The number of nitrogens with zero attached hydrogens (tertiary/aromatic N) is 3. The lowest BCUT2D eigenvalue weighted by Crippen LogP contribution is -2.12. The molecule has 4 nitrogen and oxygen atoms in total. The topological polar surface area (TPSA) is 50.9 Å². The number of hydrogen-bond donors (Lipinski definition) is 1. The molecule has 21 heavy (non-hydrogen) atoms. The highest BCUT2D eigenvalue weighted by Gasteiger charge is 2.21. The van der Waals surface area contributed by atoms with Gasteiger partial charge >= 0.3 is 0 Å². The molecule has 0 aliphatic rings. The zero-order valence-electron chi connectivity index (χ0n) is 11.9. The summed E-state index contributed by atoms with van der Waals surface area (Å²) in [7, 11) is 0. The van der Waals surface area contributed by atoms with Crippen molar-refractivity contribution < 1.29 is 5.11 Å². The van der Waals surface area contributed by atoms with E-state index >= 15 is 0 Å². The maximum absolute atomic E-state index is 10.7. The molecule has 2 aromatic heterocycles. The average Bonchev–Trinajstić information content (AvgIpc) is 2.88. The van der Waals surface area contributed by atoms with Gasteiger partial charge in [-0.2, -0.15) is 5.10 Å². The Balaban J connectivity index is 2.08. The summed E-state index contributed by atoms with van der Waals surface area (Å²) in [5.74, 6) is 0. The Morgan fingerprint density at radius 1 is 1.24 bits per heavy atom. The Morgan fingerprint density at radius 3 is 2.81 bits per heavy atom. The summed E-state index contributed by atoms with van der Waals surface area (Å²) < 4.78 is 1.75. The Hall–Kier alpha value is -1.91. The van der Waals surface area contributed by atoms with Crippen LogP contribution in [0, 0.1) is 0 Å². The molecule has 0 spiro atoms. The van der Waals surface area contributed by atoms with Crippen LogP contribution in [0.4, 0.5) is 0 Å². The van der Waals surface area contributed by atoms with Gasteiger partial charge in [-0.25, -0.2) is 0 Å². The van der Waals surface area contributed by atoms with Gasteiger partial charge < -0.3 is 5.11 Å². The van der Waals surface area contributed by atoms with Crippen molar-refractivity contribution in [3.05, 3.63) is 59.0 Å². The van der Waals surface area contributed by atoms with E-state index in [1.165, 1.54) is 0 Å². The van der Waals surface area contributed by atoms with Crippen LogP contribution in [0.15, 0.2) is 42.7 Å². The lowest BCUT2D eigenvalue weighted by Gasteiger charge is -2.17. The van der Waals surface area contributed by atoms with Crippen molar-refractivity contribution in [1.82, 2.24) is 14.8 Å². The largest absolute Gasteiger partial charge is 0.382 e. The molecule has 0 aliphatic heterocycles. The van der Waals surface area contributed by atoms with Crippen LogP contribution >= 0.6 is 11.6 Å². The van der Waals surface area contributed by atoms with Gasteiger partial charge in [-0.3, -0.25) is 9.67 Å². The van der Waals surface area contributed by atoms with Crippen molar-refractivity contribution in [2.24, 2.45) is 0 Å². The van der Waals surface area contributed by atoms with E-state index in [1.807, 2.05) is 44.2 Å². The normalized spacial score (nSPS) is 13.0. The third-order valence-corrected chi connectivity index (χ3v) is 3.77. The van der Waals surface area contributed by atoms with Crippen molar-refractivity contribution in [1.29, 1.82) is 0 Å². The molecule has 1 aromatic carbocycles. The highest BCUT2D eigenvalue weighted by molar-refractivity contribution is 6.31. The van der Waals surface area contributed by atoms with E-state index in [9.17, 15) is 5.11 Å². The number of halogens is 1. The van der Waals surface area contributed by atoms with Crippen LogP contribution in [0.25, 0.3) is 10.9 Å². The van der Waals surface area contributed by atoms with Gasteiger partial charge in [-0.1, -0.05) is 23.7 Å². The molecule has 0 aliphatic carbocycles. The molecular formula is C16H16ClN3O. The molecule has 0 amide bonds. The van der Waals surface area contributed by atoms with Gasteiger partial charge in [0.2, 0.25) is 0 Å². The van der Waals surface area contributed by atoms with Gasteiger partial charge in [-0.15, -0.1) is 0 Å². The minimum atomic E-state index is -0.813. The fourth-order valence-corrected chi connectivity index (χ4v) is 2.67. The van der Waals surface area contributed by atoms with Crippen LogP contribution in [0.2, 0.25) is 5.02 Å². The van der Waals surface area contributed by atoms with E-state index in [0.29, 0.717) is 10.7 Å². The molecule has 1 N–H and O–H groups in total. The molecule has 3 aromatic rings. The summed E-state index contributed by atoms with van der Waals surface area (Å²) in [4.78, 5) is 4.28. The summed E-state index contributed by atoms with van der Waals surface area (Å²) in [6.45, 7) is 4.01. The molecule has 0 saturated carbocycles. The van der Waals surface area contributed by atoms with Gasteiger partial charge in [0.15, 0.2) is 0 Å². The number of aliphatic hydroxyl groups is 1. The highest BCUT2D eigenvalue weighted by atomic mass is 35.5. The molecular weight excluding hydrogens is 286 g/mol. The van der Waals surface area contributed by atoms with Gasteiger partial charge in [-0.05, 0) is 37.6 Å². The molecule has 1 unspecified atom stereocenters. The molecule has 1 atom stereocenters. The van der Waals surface area contributed by atoms with Crippen molar-refractivity contribution in [2.45, 2.75) is 26.0 Å². The van der Waals surface area contributed by atoms with E-state index in [1.54, 1.807) is 17.1 Å². The number of pyridine rings is 1. The smallest absolute Gasteiger partial charge is 0.122 e. The van der Waals surface area contributed by atoms with Crippen molar-refractivity contribution >= 4 is 22.5 Å². The van der Waals surface area contributed by atoms with Crippen LogP contribution in [0.1, 0.15) is 37.3 Å². The van der Waals surface area contributed by atoms with Crippen LogP contribution in [-0.4, -0.2) is 19.9 Å². The van der Waals surface area contributed by atoms with E-state index in [4.69, 9.17) is 11.6 Å². The summed E-state index contributed by atoms with van der Waals surface area (Å²) in [6, 6.07) is 9.68. The van der Waals surface area contributed by atoms with E-state index in [2.05, 4.69) is 10.1 Å². The zero-order chi connectivity index (χ0) is 15.0. The molecule has 3 rings (SSSR count). The second-order valence-corrected chi connectivity index (χ2v) is 5.68. The van der Waals surface area contributed by atoms with Crippen LogP contribution < -0.4 is 0 Å². The summed E-state index contributed by atoms with van der Waals surface area (Å²) >= 11 is 6.20. The minimum absolute atomic E-state index is 0.129. The fraction of sp³-hybridized carbons (Fsp3) is 0.250. The van der Waals surface area contributed by atoms with Gasteiger partial charge in [0.25, 0.3) is 0 Å². The molecule has 0 saturated heterocycles. The molecule has 5 heteroatoms. The zero-order valence-corrected chi connectivity index (χ0v) is 12.6. The number of aliphatic hydroxyl groups excluding tert-OH is 1. The predicted molar refractivity (Wildman–Crippen MR) is 83.4 cm³/mol. The molecule has 2 heterocycles. The third kappa shape index (κ3) is 2.52. The van der Waals surface area contributed by atoms with Gasteiger partial charge in [0.1, 0.15) is 6.10 Å². The second kappa shape index (κ2) is 5.47. The molecule has 0 fully saturated rings. The maximum Gasteiger partial charge on any atom is 0.122 e.